The predicted molar refractivity (Wildman–Crippen MR) is 109 cm³/mol. The van der Waals surface area contributed by atoms with E-state index in [1.165, 1.54) is 18.2 Å². The third kappa shape index (κ3) is 4.07. The molecule has 30 heavy (non-hydrogen) atoms. The lowest BCUT2D eigenvalue weighted by Gasteiger charge is -2.35. The molecule has 1 aliphatic carbocycles. The summed E-state index contributed by atoms with van der Waals surface area (Å²) in [7, 11) is 0. The van der Waals surface area contributed by atoms with Gasteiger partial charge >= 0.3 is 0 Å². The van der Waals surface area contributed by atoms with Gasteiger partial charge in [0.25, 0.3) is 6.47 Å². The van der Waals surface area contributed by atoms with Crippen LogP contribution < -0.4 is 5.73 Å². The lowest BCUT2D eigenvalue weighted by Crippen LogP contribution is -2.42. The molecule has 156 valence electrons. The first-order valence-corrected chi connectivity index (χ1v) is 9.82. The number of carbonyl (C=O) groups excluding carboxylic acids is 1. The van der Waals surface area contributed by atoms with Crippen molar-refractivity contribution in [2.45, 2.75) is 32.2 Å². The van der Waals surface area contributed by atoms with E-state index >= 15 is 0 Å². The molecule has 4 rings (SSSR count). The van der Waals surface area contributed by atoms with Crippen molar-refractivity contribution in [1.29, 1.82) is 5.26 Å². The van der Waals surface area contributed by atoms with Gasteiger partial charge in [-0.05, 0) is 31.0 Å². The first-order valence-electron chi connectivity index (χ1n) is 9.44. The molecule has 2 aromatic rings. The van der Waals surface area contributed by atoms with Gasteiger partial charge in [0, 0.05) is 47.1 Å². The SMILES string of the molecule is N#Cc1c(N)nc2c(c1-c1cc(F)ccc1Cl)CN(C(=O)C1CCC1)CC2.O=CO. The summed E-state index contributed by atoms with van der Waals surface area (Å²) in [4.78, 5) is 27.3. The molecule has 3 N–H and O–H groups in total. The number of halogens is 2. The predicted octanol–water partition coefficient (Wildman–Crippen LogP) is 3.38. The average molecular weight is 431 g/mol. The molecular formula is C21H20ClFN4O3. The van der Waals surface area contributed by atoms with Crippen LogP contribution in [0.3, 0.4) is 0 Å². The van der Waals surface area contributed by atoms with Crippen molar-refractivity contribution < 1.29 is 19.1 Å². The van der Waals surface area contributed by atoms with Gasteiger partial charge in [-0.25, -0.2) is 9.37 Å². The number of rotatable bonds is 2. The minimum atomic E-state index is -0.458. The number of carbonyl (C=O) groups is 2. The normalized spacial score (nSPS) is 15.2. The lowest BCUT2D eigenvalue weighted by molar-refractivity contribution is -0.139. The molecule has 0 unspecified atom stereocenters. The molecule has 1 aromatic heterocycles. The number of nitrogens with zero attached hydrogens (tertiary/aromatic N) is 3. The summed E-state index contributed by atoms with van der Waals surface area (Å²) in [5, 5.41) is 16.9. The molecule has 2 aliphatic rings. The third-order valence-electron chi connectivity index (χ3n) is 5.45. The van der Waals surface area contributed by atoms with Crippen LogP contribution in [0.2, 0.25) is 5.02 Å². The molecule has 7 nitrogen and oxygen atoms in total. The number of hydrogen-bond acceptors (Lipinski definition) is 5. The molecule has 1 amide bonds. The van der Waals surface area contributed by atoms with E-state index in [1.54, 1.807) is 0 Å². The zero-order valence-electron chi connectivity index (χ0n) is 16.1. The van der Waals surface area contributed by atoms with Gasteiger partial charge in [0.2, 0.25) is 5.91 Å². The maximum Gasteiger partial charge on any atom is 0.290 e. The molecule has 0 spiro atoms. The van der Waals surface area contributed by atoms with E-state index in [4.69, 9.17) is 27.2 Å². The summed E-state index contributed by atoms with van der Waals surface area (Å²) in [5.41, 5.74) is 8.52. The third-order valence-corrected chi connectivity index (χ3v) is 5.78. The molecule has 1 saturated carbocycles. The fraction of sp³-hybridized carbons (Fsp3) is 0.333. The maximum atomic E-state index is 13.9. The molecule has 2 heterocycles. The van der Waals surface area contributed by atoms with Gasteiger partial charge < -0.3 is 15.7 Å². The Kier molecular flexibility index (Phi) is 6.53. The smallest absolute Gasteiger partial charge is 0.290 e. The number of benzene rings is 1. The number of anilines is 1. The van der Waals surface area contributed by atoms with Gasteiger partial charge in [0.15, 0.2) is 0 Å². The van der Waals surface area contributed by atoms with Gasteiger partial charge in [0.05, 0.1) is 5.69 Å². The van der Waals surface area contributed by atoms with Crippen LogP contribution >= 0.6 is 11.6 Å². The van der Waals surface area contributed by atoms with E-state index in [0.717, 1.165) is 30.5 Å². The van der Waals surface area contributed by atoms with Gasteiger partial charge in [0.1, 0.15) is 23.3 Å². The first kappa shape index (κ1) is 21.5. The van der Waals surface area contributed by atoms with Crippen molar-refractivity contribution >= 4 is 29.8 Å². The Morgan fingerprint density at radius 3 is 2.73 bits per heavy atom. The largest absolute Gasteiger partial charge is 0.483 e. The number of aromatic nitrogens is 1. The van der Waals surface area contributed by atoms with Crippen molar-refractivity contribution in [1.82, 2.24) is 9.88 Å². The van der Waals surface area contributed by atoms with Crippen LogP contribution in [0.15, 0.2) is 18.2 Å². The Morgan fingerprint density at radius 2 is 2.13 bits per heavy atom. The monoisotopic (exact) mass is 430 g/mol. The zero-order chi connectivity index (χ0) is 21.8. The Bertz CT molecular complexity index is 1030. The molecule has 1 fully saturated rings. The van der Waals surface area contributed by atoms with Crippen LogP contribution in [0.5, 0.6) is 0 Å². The minimum absolute atomic E-state index is 0.0879. The Morgan fingerprint density at radius 1 is 1.43 bits per heavy atom. The molecule has 9 heteroatoms. The van der Waals surface area contributed by atoms with Gasteiger partial charge in [-0.2, -0.15) is 5.26 Å². The van der Waals surface area contributed by atoms with E-state index < -0.39 is 5.82 Å². The van der Waals surface area contributed by atoms with Crippen LogP contribution in [0, 0.1) is 23.1 Å². The second kappa shape index (κ2) is 9.09. The first-order chi connectivity index (χ1) is 14.4. The van der Waals surface area contributed by atoms with E-state index in [-0.39, 0.29) is 29.7 Å². The molecule has 1 aromatic carbocycles. The number of nitrogen functional groups attached to an aromatic ring is 1. The zero-order valence-corrected chi connectivity index (χ0v) is 16.8. The summed E-state index contributed by atoms with van der Waals surface area (Å²) < 4.78 is 13.9. The number of amides is 1. The van der Waals surface area contributed by atoms with Crippen LogP contribution in [0.25, 0.3) is 11.1 Å². The summed E-state index contributed by atoms with van der Waals surface area (Å²) in [6.07, 6.45) is 3.48. The Labute approximate surface area is 177 Å². The van der Waals surface area contributed by atoms with E-state index in [1.807, 2.05) is 4.90 Å². The topological polar surface area (TPSA) is 120 Å². The minimum Gasteiger partial charge on any atom is -0.483 e. The lowest BCUT2D eigenvalue weighted by atomic mass is 9.83. The van der Waals surface area contributed by atoms with Crippen LogP contribution in [0.1, 0.15) is 36.1 Å². The van der Waals surface area contributed by atoms with Crippen molar-refractivity contribution in [3.05, 3.63) is 45.9 Å². The standard InChI is InChI=1S/C20H18ClFN4O.CH2O2/c21-16-5-4-12(22)8-13(16)18-14(9-23)19(24)25-17-6-7-26(10-15(17)18)20(27)11-2-1-3-11;2-1-3/h4-5,8,11H,1-3,6-7,10H2,(H2,24,25);1H,(H,2,3). The number of hydrogen-bond donors (Lipinski definition) is 2. The molecule has 0 bridgehead atoms. The van der Waals surface area contributed by atoms with Gasteiger partial charge in [-0.3, -0.25) is 9.59 Å². The second-order valence-corrected chi connectivity index (χ2v) is 7.56. The average Bonchev–Trinajstić information content (AvgIpc) is 2.68. The Balaban J connectivity index is 0.000000806. The number of carboxylic acid groups (broad SMARTS) is 1. The van der Waals surface area contributed by atoms with Gasteiger partial charge in [-0.15, -0.1) is 0 Å². The molecular weight excluding hydrogens is 411 g/mol. The summed E-state index contributed by atoms with van der Waals surface area (Å²) in [6, 6.07) is 6.09. The number of nitriles is 1. The second-order valence-electron chi connectivity index (χ2n) is 7.15. The molecule has 0 atom stereocenters. The summed E-state index contributed by atoms with van der Waals surface area (Å²) in [5.74, 6) is -0.130. The van der Waals surface area contributed by atoms with E-state index in [0.29, 0.717) is 35.7 Å². The number of nitrogens with two attached hydrogens (primary N) is 1. The summed E-state index contributed by atoms with van der Waals surface area (Å²) in [6.45, 7) is 0.645. The Hall–Kier alpha value is -3.18. The highest BCUT2D eigenvalue weighted by Gasteiger charge is 2.33. The van der Waals surface area contributed by atoms with Crippen LogP contribution in [-0.4, -0.2) is 33.9 Å². The summed E-state index contributed by atoms with van der Waals surface area (Å²) >= 11 is 6.32. The van der Waals surface area contributed by atoms with Gasteiger partial charge in [-0.1, -0.05) is 18.0 Å². The molecule has 1 aliphatic heterocycles. The van der Waals surface area contributed by atoms with Crippen molar-refractivity contribution in [2.24, 2.45) is 5.92 Å². The number of pyridine rings is 1. The van der Waals surface area contributed by atoms with Crippen molar-refractivity contribution in [3.8, 4) is 17.2 Å². The molecule has 0 saturated heterocycles. The molecule has 0 radical (unpaired) electrons. The highest BCUT2D eigenvalue weighted by Crippen LogP contribution is 2.39. The fourth-order valence-corrected chi connectivity index (χ4v) is 3.99. The van der Waals surface area contributed by atoms with Crippen LogP contribution in [0.4, 0.5) is 10.2 Å². The highest BCUT2D eigenvalue weighted by atomic mass is 35.5. The van der Waals surface area contributed by atoms with E-state index in [9.17, 15) is 14.4 Å². The maximum absolute atomic E-state index is 13.9. The fourth-order valence-electron chi connectivity index (χ4n) is 3.78. The van der Waals surface area contributed by atoms with Crippen LogP contribution in [-0.2, 0) is 22.6 Å². The van der Waals surface area contributed by atoms with Crippen molar-refractivity contribution in [3.63, 3.8) is 0 Å². The number of fused-ring (bicyclic) bond motifs is 1. The highest BCUT2D eigenvalue weighted by molar-refractivity contribution is 6.33. The van der Waals surface area contributed by atoms with E-state index in [2.05, 4.69) is 11.1 Å². The quantitative estimate of drug-likeness (QED) is 0.704. The van der Waals surface area contributed by atoms with Crippen molar-refractivity contribution in [2.75, 3.05) is 12.3 Å².